The van der Waals surface area contributed by atoms with Crippen molar-refractivity contribution >= 4 is 17.7 Å². The molecule has 2 aromatic rings. The van der Waals surface area contributed by atoms with E-state index in [-0.39, 0.29) is 5.57 Å². The van der Waals surface area contributed by atoms with Gasteiger partial charge >= 0.3 is 0 Å². The summed E-state index contributed by atoms with van der Waals surface area (Å²) in [5, 5.41) is 12.3. The standard InChI is InChI=1S/C23H26N2O3/c1-15(2)14-28-21-10-9-18(12-22(21)27-5)11-19(13-24)23(26)25-20-8-6-7-16(3)17(20)4/h6-12,15H,14H2,1-5H3,(H,25,26)/b19-11+. The first-order valence-electron chi connectivity index (χ1n) is 9.16. The third kappa shape index (κ3) is 5.37. The van der Waals surface area contributed by atoms with Crippen molar-refractivity contribution < 1.29 is 14.3 Å². The van der Waals surface area contributed by atoms with Crippen LogP contribution in [-0.4, -0.2) is 19.6 Å². The summed E-state index contributed by atoms with van der Waals surface area (Å²) in [6.07, 6.45) is 1.54. The number of hydrogen-bond donors (Lipinski definition) is 1. The van der Waals surface area contributed by atoms with E-state index in [9.17, 15) is 10.1 Å². The Morgan fingerprint density at radius 1 is 1.21 bits per heavy atom. The molecule has 1 amide bonds. The molecule has 5 nitrogen and oxygen atoms in total. The van der Waals surface area contributed by atoms with Gasteiger partial charge in [-0.2, -0.15) is 5.26 Å². The van der Waals surface area contributed by atoms with Gasteiger partial charge in [0.1, 0.15) is 11.6 Å². The maximum Gasteiger partial charge on any atom is 0.266 e. The van der Waals surface area contributed by atoms with Crippen LogP contribution in [0, 0.1) is 31.1 Å². The predicted molar refractivity (Wildman–Crippen MR) is 111 cm³/mol. The second kappa shape index (κ2) is 9.61. The summed E-state index contributed by atoms with van der Waals surface area (Å²) in [6, 6.07) is 13.0. The van der Waals surface area contributed by atoms with Gasteiger partial charge in [-0.15, -0.1) is 0 Å². The molecule has 0 saturated carbocycles. The van der Waals surface area contributed by atoms with Crippen molar-refractivity contribution in [2.24, 2.45) is 5.92 Å². The lowest BCUT2D eigenvalue weighted by Crippen LogP contribution is -2.14. The van der Waals surface area contributed by atoms with E-state index in [2.05, 4.69) is 19.2 Å². The topological polar surface area (TPSA) is 71.3 Å². The van der Waals surface area contributed by atoms with E-state index < -0.39 is 5.91 Å². The molecule has 0 aliphatic carbocycles. The summed E-state index contributed by atoms with van der Waals surface area (Å²) in [7, 11) is 1.56. The molecule has 28 heavy (non-hydrogen) atoms. The van der Waals surface area contributed by atoms with Gasteiger partial charge < -0.3 is 14.8 Å². The van der Waals surface area contributed by atoms with Crippen LogP contribution in [0.5, 0.6) is 11.5 Å². The lowest BCUT2D eigenvalue weighted by Gasteiger charge is -2.13. The number of ether oxygens (including phenoxy) is 2. The average molecular weight is 378 g/mol. The Bertz CT molecular complexity index is 924. The molecule has 0 aliphatic heterocycles. The first-order valence-corrected chi connectivity index (χ1v) is 9.16. The van der Waals surface area contributed by atoms with E-state index in [1.54, 1.807) is 25.3 Å². The molecule has 0 spiro atoms. The van der Waals surface area contributed by atoms with Crippen molar-refractivity contribution in [3.63, 3.8) is 0 Å². The molecule has 5 heteroatoms. The van der Waals surface area contributed by atoms with Crippen LogP contribution in [-0.2, 0) is 4.79 Å². The van der Waals surface area contributed by atoms with E-state index in [1.807, 2.05) is 38.1 Å². The lowest BCUT2D eigenvalue weighted by atomic mass is 10.1. The Kier molecular flexibility index (Phi) is 7.22. The van der Waals surface area contributed by atoms with Crippen LogP contribution in [0.25, 0.3) is 6.08 Å². The number of nitrogens with zero attached hydrogens (tertiary/aromatic N) is 1. The fourth-order valence-electron chi connectivity index (χ4n) is 2.54. The summed E-state index contributed by atoms with van der Waals surface area (Å²) < 4.78 is 11.1. The zero-order valence-corrected chi connectivity index (χ0v) is 17.0. The average Bonchev–Trinajstić information content (AvgIpc) is 2.68. The molecule has 1 N–H and O–H groups in total. The minimum atomic E-state index is -0.449. The van der Waals surface area contributed by atoms with Crippen LogP contribution in [0.2, 0.25) is 0 Å². The number of carbonyl (C=O) groups is 1. The zero-order valence-electron chi connectivity index (χ0n) is 17.0. The number of rotatable bonds is 7. The Balaban J connectivity index is 2.24. The number of amides is 1. The van der Waals surface area contributed by atoms with Crippen molar-refractivity contribution in [3.8, 4) is 17.6 Å². The van der Waals surface area contributed by atoms with Crippen LogP contribution in [0.3, 0.4) is 0 Å². The molecule has 146 valence electrons. The molecule has 0 unspecified atom stereocenters. The minimum Gasteiger partial charge on any atom is -0.493 e. The molecule has 0 bridgehead atoms. The third-order valence-corrected chi connectivity index (χ3v) is 4.29. The van der Waals surface area contributed by atoms with Crippen molar-refractivity contribution in [3.05, 3.63) is 58.7 Å². The molecule has 0 aliphatic rings. The lowest BCUT2D eigenvalue weighted by molar-refractivity contribution is -0.112. The Morgan fingerprint density at radius 3 is 2.61 bits per heavy atom. The van der Waals surface area contributed by atoms with E-state index in [0.29, 0.717) is 35.3 Å². The summed E-state index contributed by atoms with van der Waals surface area (Å²) in [5.41, 5.74) is 3.44. The van der Waals surface area contributed by atoms with E-state index in [4.69, 9.17) is 9.47 Å². The fourth-order valence-corrected chi connectivity index (χ4v) is 2.54. The summed E-state index contributed by atoms with van der Waals surface area (Å²) in [4.78, 5) is 12.6. The SMILES string of the molecule is COc1cc(/C=C(\C#N)C(=O)Nc2cccc(C)c2C)ccc1OCC(C)C. The van der Waals surface area contributed by atoms with Crippen molar-refractivity contribution in [2.75, 3.05) is 19.0 Å². The van der Waals surface area contributed by atoms with E-state index >= 15 is 0 Å². The van der Waals surface area contributed by atoms with Crippen LogP contribution in [0.4, 0.5) is 5.69 Å². The smallest absolute Gasteiger partial charge is 0.266 e. The van der Waals surface area contributed by atoms with Crippen molar-refractivity contribution in [1.29, 1.82) is 5.26 Å². The number of anilines is 1. The number of methoxy groups -OCH3 is 1. The van der Waals surface area contributed by atoms with Gasteiger partial charge in [0.2, 0.25) is 0 Å². The van der Waals surface area contributed by atoms with Crippen molar-refractivity contribution in [2.45, 2.75) is 27.7 Å². The van der Waals surface area contributed by atoms with Crippen LogP contribution in [0.1, 0.15) is 30.5 Å². The first-order chi connectivity index (χ1) is 13.3. The molecule has 2 aromatic carbocycles. The van der Waals surface area contributed by atoms with Crippen LogP contribution in [0.15, 0.2) is 42.0 Å². The third-order valence-electron chi connectivity index (χ3n) is 4.29. The largest absolute Gasteiger partial charge is 0.493 e. The number of aryl methyl sites for hydroxylation is 1. The number of benzene rings is 2. The number of nitriles is 1. The van der Waals surface area contributed by atoms with Crippen LogP contribution < -0.4 is 14.8 Å². The fraction of sp³-hybridized carbons (Fsp3) is 0.304. The molecular formula is C23H26N2O3. The molecule has 0 aromatic heterocycles. The molecule has 0 saturated heterocycles. The van der Waals surface area contributed by atoms with Gasteiger partial charge in [-0.05, 0) is 60.7 Å². The number of carbonyl (C=O) groups excluding carboxylic acids is 1. The number of nitrogens with one attached hydrogen (secondary N) is 1. The molecule has 2 rings (SSSR count). The van der Waals surface area contributed by atoms with Gasteiger partial charge in [0.05, 0.1) is 13.7 Å². The quantitative estimate of drug-likeness (QED) is 0.550. The van der Waals surface area contributed by atoms with Gasteiger partial charge in [-0.25, -0.2) is 0 Å². The first kappa shape index (κ1) is 21.0. The van der Waals surface area contributed by atoms with E-state index in [0.717, 1.165) is 11.1 Å². The Labute approximate surface area is 166 Å². The van der Waals surface area contributed by atoms with Gasteiger partial charge in [-0.3, -0.25) is 4.79 Å². The van der Waals surface area contributed by atoms with E-state index in [1.165, 1.54) is 6.08 Å². The van der Waals surface area contributed by atoms with Gasteiger partial charge in [-0.1, -0.05) is 32.0 Å². The maximum absolute atomic E-state index is 12.6. The highest BCUT2D eigenvalue weighted by molar-refractivity contribution is 6.10. The number of hydrogen-bond acceptors (Lipinski definition) is 4. The normalized spacial score (nSPS) is 11.1. The monoisotopic (exact) mass is 378 g/mol. The predicted octanol–water partition coefficient (Wildman–Crippen LogP) is 4.89. The highest BCUT2D eigenvalue weighted by atomic mass is 16.5. The Morgan fingerprint density at radius 2 is 1.96 bits per heavy atom. The molecule has 0 fully saturated rings. The molecule has 0 heterocycles. The van der Waals surface area contributed by atoms with Crippen molar-refractivity contribution in [1.82, 2.24) is 0 Å². The van der Waals surface area contributed by atoms with Gasteiger partial charge in [0, 0.05) is 5.69 Å². The highest BCUT2D eigenvalue weighted by Gasteiger charge is 2.13. The van der Waals surface area contributed by atoms with Gasteiger partial charge in [0.15, 0.2) is 11.5 Å². The molecule has 0 radical (unpaired) electrons. The Hall–Kier alpha value is -3.26. The summed E-state index contributed by atoms with van der Waals surface area (Å²) in [6.45, 7) is 8.62. The summed E-state index contributed by atoms with van der Waals surface area (Å²) in [5.74, 6) is 1.13. The summed E-state index contributed by atoms with van der Waals surface area (Å²) >= 11 is 0. The maximum atomic E-state index is 12.6. The second-order valence-electron chi connectivity index (χ2n) is 6.99. The molecule has 0 atom stereocenters. The van der Waals surface area contributed by atoms with Gasteiger partial charge in [0.25, 0.3) is 5.91 Å². The van der Waals surface area contributed by atoms with Crippen LogP contribution >= 0.6 is 0 Å². The highest BCUT2D eigenvalue weighted by Crippen LogP contribution is 2.29. The second-order valence-corrected chi connectivity index (χ2v) is 6.99. The zero-order chi connectivity index (χ0) is 20.7. The molecular weight excluding hydrogens is 352 g/mol. The minimum absolute atomic E-state index is 0.0128.